The maximum absolute atomic E-state index is 12.3. The average Bonchev–Trinajstić information content (AvgIpc) is 2.32. The largest absolute Gasteiger partial charge is 0.412 e. The number of hydrogen-bond donors (Lipinski definition) is 1. The van der Waals surface area contributed by atoms with Crippen molar-refractivity contribution < 1.29 is 10.3 Å². The van der Waals surface area contributed by atoms with E-state index < -0.39 is 0 Å². The number of carbonyl (C=O) groups excluding carboxylic acids is 1. The number of amides is 2. The summed E-state index contributed by atoms with van der Waals surface area (Å²) in [6, 6.07) is 4.31. The molecule has 0 spiro atoms. The second-order valence-corrected chi connectivity index (χ2v) is 5.58. The fraction of sp³-hybridized carbons (Fsp3) is 0.600. The number of anilines is 1. The SMILES string of the molecule is Br.Cc1cc(C)nc(N(CCNC(C)C)C(=O)N(C)C)c1.O. The molecule has 3 N–H and O–H groups in total. The molecule has 0 aromatic carbocycles. The fourth-order valence-electron chi connectivity index (χ4n) is 1.97. The third kappa shape index (κ3) is 7.20. The summed E-state index contributed by atoms with van der Waals surface area (Å²) >= 11 is 0. The Kier molecular flexibility index (Phi) is 11.1. The van der Waals surface area contributed by atoms with Crippen LogP contribution in [0.1, 0.15) is 25.1 Å². The predicted molar refractivity (Wildman–Crippen MR) is 97.2 cm³/mol. The minimum Gasteiger partial charge on any atom is -0.412 e. The number of halogens is 1. The molecule has 0 saturated heterocycles. The van der Waals surface area contributed by atoms with Gasteiger partial charge in [-0.05, 0) is 31.5 Å². The number of urea groups is 1. The fourth-order valence-corrected chi connectivity index (χ4v) is 1.97. The summed E-state index contributed by atoms with van der Waals surface area (Å²) in [5.74, 6) is 0.715. The first-order valence-corrected chi connectivity index (χ1v) is 6.98. The minimum atomic E-state index is -0.0481. The van der Waals surface area contributed by atoms with Crippen LogP contribution >= 0.6 is 17.0 Å². The first-order valence-electron chi connectivity index (χ1n) is 6.98. The third-order valence-corrected chi connectivity index (χ3v) is 2.86. The highest BCUT2D eigenvalue weighted by molar-refractivity contribution is 8.93. The molecule has 1 aromatic rings. The van der Waals surface area contributed by atoms with Gasteiger partial charge in [0, 0.05) is 38.9 Å². The van der Waals surface area contributed by atoms with E-state index in [1.54, 1.807) is 23.9 Å². The number of aromatic nitrogens is 1. The van der Waals surface area contributed by atoms with Gasteiger partial charge < -0.3 is 15.7 Å². The van der Waals surface area contributed by atoms with Crippen LogP contribution in [-0.2, 0) is 0 Å². The number of carbonyl (C=O) groups is 1. The molecule has 0 bridgehead atoms. The molecule has 0 atom stereocenters. The molecule has 0 aliphatic heterocycles. The molecular formula is C15H29BrN4O2. The van der Waals surface area contributed by atoms with Crippen LogP contribution in [0, 0.1) is 13.8 Å². The number of nitrogens with zero attached hydrogens (tertiary/aromatic N) is 3. The summed E-state index contributed by atoms with van der Waals surface area (Å²) < 4.78 is 0. The third-order valence-electron chi connectivity index (χ3n) is 2.86. The van der Waals surface area contributed by atoms with E-state index in [9.17, 15) is 4.79 Å². The second kappa shape index (κ2) is 10.5. The van der Waals surface area contributed by atoms with Gasteiger partial charge in [0.1, 0.15) is 5.82 Å². The number of pyridine rings is 1. The summed E-state index contributed by atoms with van der Waals surface area (Å²) in [7, 11) is 3.52. The van der Waals surface area contributed by atoms with Crippen LogP contribution in [0.5, 0.6) is 0 Å². The number of rotatable bonds is 5. The van der Waals surface area contributed by atoms with E-state index in [0.717, 1.165) is 17.8 Å². The van der Waals surface area contributed by atoms with Crippen LogP contribution in [0.3, 0.4) is 0 Å². The van der Waals surface area contributed by atoms with Crippen molar-refractivity contribution >= 4 is 28.8 Å². The summed E-state index contributed by atoms with van der Waals surface area (Å²) in [6.45, 7) is 9.49. The first kappa shape index (κ1) is 23.1. The van der Waals surface area contributed by atoms with E-state index >= 15 is 0 Å². The van der Waals surface area contributed by atoms with E-state index in [0.29, 0.717) is 18.4 Å². The van der Waals surface area contributed by atoms with Gasteiger partial charge in [0.25, 0.3) is 0 Å². The molecule has 0 fully saturated rings. The normalized spacial score (nSPS) is 9.77. The molecule has 128 valence electrons. The molecule has 1 heterocycles. The highest BCUT2D eigenvalue weighted by Crippen LogP contribution is 2.15. The molecule has 0 radical (unpaired) electrons. The lowest BCUT2D eigenvalue weighted by Crippen LogP contribution is -2.44. The van der Waals surface area contributed by atoms with Crippen molar-refractivity contribution in [2.24, 2.45) is 0 Å². The maximum Gasteiger partial charge on any atom is 0.325 e. The Morgan fingerprint density at radius 1 is 1.27 bits per heavy atom. The summed E-state index contributed by atoms with van der Waals surface area (Å²) in [4.78, 5) is 20.1. The zero-order chi connectivity index (χ0) is 15.3. The lowest BCUT2D eigenvalue weighted by molar-refractivity contribution is 0.223. The Labute approximate surface area is 144 Å². The molecule has 0 saturated carbocycles. The topological polar surface area (TPSA) is 80.0 Å². The molecule has 22 heavy (non-hydrogen) atoms. The molecular weight excluding hydrogens is 348 g/mol. The highest BCUT2D eigenvalue weighted by atomic mass is 79.9. The number of nitrogens with one attached hydrogen (secondary N) is 1. The van der Waals surface area contributed by atoms with Gasteiger partial charge >= 0.3 is 6.03 Å². The Morgan fingerprint density at radius 3 is 2.32 bits per heavy atom. The summed E-state index contributed by atoms with van der Waals surface area (Å²) in [6.07, 6.45) is 0. The van der Waals surface area contributed by atoms with Crippen LogP contribution in [0.4, 0.5) is 10.6 Å². The Bertz CT molecular complexity index is 447. The van der Waals surface area contributed by atoms with E-state index in [1.807, 2.05) is 26.0 Å². The van der Waals surface area contributed by atoms with Crippen molar-refractivity contribution in [3.05, 3.63) is 23.4 Å². The van der Waals surface area contributed by atoms with Gasteiger partial charge in [-0.2, -0.15) is 0 Å². The van der Waals surface area contributed by atoms with Crippen molar-refractivity contribution in [1.29, 1.82) is 0 Å². The van der Waals surface area contributed by atoms with Crippen LogP contribution in [-0.4, -0.2) is 54.6 Å². The zero-order valence-corrected chi connectivity index (χ0v) is 16.0. The van der Waals surface area contributed by atoms with Crippen molar-refractivity contribution in [2.45, 2.75) is 33.7 Å². The minimum absolute atomic E-state index is 0. The van der Waals surface area contributed by atoms with Crippen LogP contribution in [0.25, 0.3) is 0 Å². The van der Waals surface area contributed by atoms with Crippen molar-refractivity contribution in [3.8, 4) is 0 Å². The van der Waals surface area contributed by atoms with Crippen LogP contribution < -0.4 is 10.2 Å². The molecule has 0 aliphatic rings. The Morgan fingerprint density at radius 2 is 1.86 bits per heavy atom. The van der Waals surface area contributed by atoms with Crippen LogP contribution in [0.15, 0.2) is 12.1 Å². The lowest BCUT2D eigenvalue weighted by atomic mass is 10.2. The molecule has 1 rings (SSSR count). The molecule has 0 unspecified atom stereocenters. The van der Waals surface area contributed by atoms with Gasteiger partial charge in [0.15, 0.2) is 0 Å². The number of aryl methyl sites for hydroxylation is 2. The van der Waals surface area contributed by atoms with Crippen molar-refractivity contribution in [3.63, 3.8) is 0 Å². The summed E-state index contributed by atoms with van der Waals surface area (Å²) in [5.41, 5.74) is 2.04. The standard InChI is InChI=1S/C15H26N4O.BrH.H2O/c1-11(2)16-7-8-19(15(20)18(5)6)14-10-12(3)9-13(4)17-14;;/h9-11,16H,7-8H2,1-6H3;1H;1H2. The number of hydrogen-bond acceptors (Lipinski definition) is 3. The first-order chi connectivity index (χ1) is 9.31. The predicted octanol–water partition coefficient (Wildman–Crippen LogP) is 1.94. The summed E-state index contributed by atoms with van der Waals surface area (Å²) in [5, 5.41) is 3.33. The molecule has 7 heteroatoms. The van der Waals surface area contributed by atoms with E-state index in [-0.39, 0.29) is 28.5 Å². The molecule has 1 aromatic heterocycles. The van der Waals surface area contributed by atoms with Gasteiger partial charge in [-0.25, -0.2) is 9.78 Å². The zero-order valence-electron chi connectivity index (χ0n) is 14.3. The van der Waals surface area contributed by atoms with Gasteiger partial charge in [0.2, 0.25) is 0 Å². The lowest BCUT2D eigenvalue weighted by Gasteiger charge is -2.26. The van der Waals surface area contributed by atoms with Crippen molar-refractivity contribution in [2.75, 3.05) is 32.1 Å². The highest BCUT2D eigenvalue weighted by Gasteiger charge is 2.19. The quantitative estimate of drug-likeness (QED) is 0.852. The molecule has 6 nitrogen and oxygen atoms in total. The van der Waals surface area contributed by atoms with Crippen LogP contribution in [0.2, 0.25) is 0 Å². The second-order valence-electron chi connectivity index (χ2n) is 5.58. The Balaban J connectivity index is 0. The van der Waals surface area contributed by atoms with Gasteiger partial charge in [-0.1, -0.05) is 13.8 Å². The maximum atomic E-state index is 12.3. The van der Waals surface area contributed by atoms with Gasteiger partial charge in [-0.15, -0.1) is 17.0 Å². The molecule has 0 aliphatic carbocycles. The van der Waals surface area contributed by atoms with E-state index in [4.69, 9.17) is 0 Å². The smallest absolute Gasteiger partial charge is 0.325 e. The molecule has 2 amide bonds. The average molecular weight is 377 g/mol. The van der Waals surface area contributed by atoms with Gasteiger partial charge in [0.05, 0.1) is 0 Å². The van der Waals surface area contributed by atoms with Gasteiger partial charge in [-0.3, -0.25) is 4.90 Å². The van der Waals surface area contributed by atoms with Crippen molar-refractivity contribution in [1.82, 2.24) is 15.2 Å². The van der Waals surface area contributed by atoms with E-state index in [2.05, 4.69) is 24.1 Å². The Hall–Kier alpha value is -1.18. The monoisotopic (exact) mass is 376 g/mol. The van der Waals surface area contributed by atoms with E-state index in [1.165, 1.54) is 0 Å².